The SMILES string of the molecule is CCc1cc2c(=O)n(CCC(C)=O)c(Cc3ccccc3OC)nc2s1. The van der Waals surface area contributed by atoms with Gasteiger partial charge in [0.25, 0.3) is 5.56 Å². The molecule has 0 N–H and O–H groups in total. The normalized spacial score (nSPS) is 11.0. The molecule has 0 aliphatic heterocycles. The molecule has 0 saturated heterocycles. The van der Waals surface area contributed by atoms with Crippen molar-refractivity contribution in [2.45, 2.75) is 39.7 Å². The summed E-state index contributed by atoms with van der Waals surface area (Å²) in [6.07, 6.45) is 1.67. The monoisotopic (exact) mass is 370 g/mol. The quantitative estimate of drug-likeness (QED) is 0.637. The lowest BCUT2D eigenvalue weighted by Crippen LogP contribution is -2.26. The third-order valence-electron chi connectivity index (χ3n) is 4.36. The predicted octanol–water partition coefficient (Wildman–Crippen LogP) is 3.60. The number of carbonyl (C=O) groups excluding carboxylic acids is 1. The maximum atomic E-state index is 13.0. The molecule has 0 saturated carbocycles. The first-order valence-electron chi connectivity index (χ1n) is 8.67. The number of fused-ring (bicyclic) bond motifs is 1. The topological polar surface area (TPSA) is 61.2 Å². The van der Waals surface area contributed by atoms with Gasteiger partial charge in [0.2, 0.25) is 0 Å². The lowest BCUT2D eigenvalue weighted by atomic mass is 10.1. The second-order valence-electron chi connectivity index (χ2n) is 6.21. The summed E-state index contributed by atoms with van der Waals surface area (Å²) >= 11 is 1.56. The van der Waals surface area contributed by atoms with E-state index in [1.54, 1.807) is 23.0 Å². The number of carbonyl (C=O) groups is 1. The Morgan fingerprint density at radius 1 is 1.31 bits per heavy atom. The van der Waals surface area contributed by atoms with Gasteiger partial charge >= 0.3 is 0 Å². The van der Waals surface area contributed by atoms with Gasteiger partial charge < -0.3 is 4.74 Å². The molecule has 6 heteroatoms. The number of Topliss-reactive ketones (excluding diaryl/α,β-unsaturated/α-hetero) is 1. The second kappa shape index (κ2) is 7.83. The summed E-state index contributed by atoms with van der Waals surface area (Å²) in [5, 5.41) is 0.638. The maximum absolute atomic E-state index is 13.0. The van der Waals surface area contributed by atoms with Crippen LogP contribution in [-0.2, 0) is 24.2 Å². The van der Waals surface area contributed by atoms with Crippen molar-refractivity contribution < 1.29 is 9.53 Å². The number of hydrogen-bond acceptors (Lipinski definition) is 5. The Morgan fingerprint density at radius 3 is 2.77 bits per heavy atom. The Hall–Kier alpha value is -2.47. The number of hydrogen-bond donors (Lipinski definition) is 0. The number of thiophene rings is 1. The van der Waals surface area contributed by atoms with Gasteiger partial charge in [0.15, 0.2) is 0 Å². The number of para-hydroxylation sites is 1. The van der Waals surface area contributed by atoms with Crippen molar-refractivity contribution in [1.82, 2.24) is 9.55 Å². The van der Waals surface area contributed by atoms with Gasteiger partial charge in [0.1, 0.15) is 22.2 Å². The smallest absolute Gasteiger partial charge is 0.262 e. The molecule has 0 bridgehead atoms. The highest BCUT2D eigenvalue weighted by Gasteiger charge is 2.16. The van der Waals surface area contributed by atoms with Gasteiger partial charge in [0.05, 0.1) is 12.5 Å². The predicted molar refractivity (Wildman–Crippen MR) is 104 cm³/mol. The van der Waals surface area contributed by atoms with E-state index in [2.05, 4.69) is 6.92 Å². The molecule has 0 aliphatic carbocycles. The third kappa shape index (κ3) is 3.70. The summed E-state index contributed by atoms with van der Waals surface area (Å²) < 4.78 is 7.07. The molecule has 1 aromatic carbocycles. The first-order chi connectivity index (χ1) is 12.5. The van der Waals surface area contributed by atoms with E-state index >= 15 is 0 Å². The van der Waals surface area contributed by atoms with Crippen LogP contribution in [0.1, 0.15) is 36.5 Å². The van der Waals surface area contributed by atoms with E-state index in [-0.39, 0.29) is 11.3 Å². The van der Waals surface area contributed by atoms with Crippen LogP contribution in [0.3, 0.4) is 0 Å². The van der Waals surface area contributed by atoms with E-state index in [1.807, 2.05) is 30.3 Å². The van der Waals surface area contributed by atoms with E-state index in [0.717, 1.165) is 27.4 Å². The fraction of sp³-hybridized carbons (Fsp3) is 0.350. The van der Waals surface area contributed by atoms with Crippen LogP contribution in [0.2, 0.25) is 0 Å². The van der Waals surface area contributed by atoms with Crippen LogP contribution in [0.4, 0.5) is 0 Å². The summed E-state index contributed by atoms with van der Waals surface area (Å²) in [5.74, 6) is 1.48. The van der Waals surface area contributed by atoms with Crippen LogP contribution in [0.15, 0.2) is 35.1 Å². The minimum atomic E-state index is -0.0721. The van der Waals surface area contributed by atoms with E-state index < -0.39 is 0 Å². The summed E-state index contributed by atoms with van der Waals surface area (Å²) in [6, 6.07) is 9.64. The summed E-state index contributed by atoms with van der Waals surface area (Å²) in [6.45, 7) is 3.95. The zero-order chi connectivity index (χ0) is 18.7. The minimum absolute atomic E-state index is 0.0554. The molecule has 2 heterocycles. The third-order valence-corrected chi connectivity index (χ3v) is 5.53. The van der Waals surface area contributed by atoms with Gasteiger partial charge in [-0.15, -0.1) is 11.3 Å². The average molecular weight is 370 g/mol. The highest BCUT2D eigenvalue weighted by atomic mass is 32.1. The van der Waals surface area contributed by atoms with E-state index in [1.165, 1.54) is 6.92 Å². The van der Waals surface area contributed by atoms with Crippen molar-refractivity contribution in [2.75, 3.05) is 7.11 Å². The Labute approximate surface area is 156 Å². The number of nitrogens with zero attached hydrogens (tertiary/aromatic N) is 2. The van der Waals surface area contributed by atoms with Crippen LogP contribution in [-0.4, -0.2) is 22.4 Å². The van der Waals surface area contributed by atoms with Crippen molar-refractivity contribution in [3.63, 3.8) is 0 Å². The molecule has 3 aromatic rings. The molecule has 0 unspecified atom stereocenters. The Morgan fingerprint density at radius 2 is 2.08 bits per heavy atom. The zero-order valence-electron chi connectivity index (χ0n) is 15.2. The summed E-state index contributed by atoms with van der Waals surface area (Å²) in [4.78, 5) is 31.1. The van der Waals surface area contributed by atoms with Crippen molar-refractivity contribution in [3.8, 4) is 5.75 Å². The average Bonchev–Trinajstić information content (AvgIpc) is 3.05. The molecule has 0 radical (unpaired) electrons. The number of aromatic nitrogens is 2. The fourth-order valence-corrected chi connectivity index (χ4v) is 3.91. The molecule has 5 nitrogen and oxygen atoms in total. The molecular weight excluding hydrogens is 348 g/mol. The lowest BCUT2D eigenvalue weighted by molar-refractivity contribution is -0.117. The Bertz CT molecular complexity index is 1000. The molecule has 0 spiro atoms. The molecule has 0 amide bonds. The standard InChI is InChI=1S/C20H22N2O3S/c1-4-15-12-16-19(26-15)21-18(22(20(16)24)10-9-13(2)23)11-14-7-5-6-8-17(14)25-3/h5-8,12H,4,9-11H2,1-3H3. The van der Waals surface area contributed by atoms with Gasteiger partial charge in [-0.25, -0.2) is 4.98 Å². The van der Waals surface area contributed by atoms with Crippen molar-refractivity contribution in [1.29, 1.82) is 0 Å². The molecule has 2 aromatic heterocycles. The number of rotatable bonds is 7. The van der Waals surface area contributed by atoms with E-state index in [0.29, 0.717) is 30.6 Å². The lowest BCUT2D eigenvalue weighted by Gasteiger charge is -2.13. The fourth-order valence-electron chi connectivity index (χ4n) is 2.94. The van der Waals surface area contributed by atoms with Crippen LogP contribution in [0.25, 0.3) is 10.2 Å². The number of aryl methyl sites for hydroxylation is 1. The zero-order valence-corrected chi connectivity index (χ0v) is 16.1. The van der Waals surface area contributed by atoms with Gasteiger partial charge in [-0.2, -0.15) is 0 Å². The van der Waals surface area contributed by atoms with Crippen LogP contribution < -0.4 is 10.3 Å². The molecular formula is C20H22N2O3S. The van der Waals surface area contributed by atoms with Gasteiger partial charge in [-0.3, -0.25) is 14.2 Å². The highest BCUT2D eigenvalue weighted by molar-refractivity contribution is 7.18. The number of benzene rings is 1. The molecule has 136 valence electrons. The first kappa shape index (κ1) is 18.3. The van der Waals surface area contributed by atoms with Gasteiger partial charge in [0, 0.05) is 29.8 Å². The molecule has 0 fully saturated rings. The minimum Gasteiger partial charge on any atom is -0.496 e. The maximum Gasteiger partial charge on any atom is 0.262 e. The van der Waals surface area contributed by atoms with Crippen LogP contribution in [0, 0.1) is 0 Å². The van der Waals surface area contributed by atoms with Gasteiger partial charge in [-0.1, -0.05) is 25.1 Å². The largest absolute Gasteiger partial charge is 0.496 e. The van der Waals surface area contributed by atoms with Crippen LogP contribution >= 0.6 is 11.3 Å². The number of methoxy groups -OCH3 is 1. The van der Waals surface area contributed by atoms with Crippen molar-refractivity contribution in [2.24, 2.45) is 0 Å². The van der Waals surface area contributed by atoms with Crippen LogP contribution in [0.5, 0.6) is 5.75 Å². The Balaban J connectivity index is 2.13. The highest BCUT2D eigenvalue weighted by Crippen LogP contribution is 2.25. The van der Waals surface area contributed by atoms with Crippen molar-refractivity contribution in [3.05, 3.63) is 57.0 Å². The molecule has 0 atom stereocenters. The molecule has 0 aliphatic rings. The van der Waals surface area contributed by atoms with Gasteiger partial charge in [-0.05, 0) is 25.5 Å². The van der Waals surface area contributed by atoms with E-state index in [4.69, 9.17) is 9.72 Å². The molecule has 26 heavy (non-hydrogen) atoms. The Kier molecular flexibility index (Phi) is 5.52. The number of ketones is 1. The molecule has 3 rings (SSSR count). The second-order valence-corrected chi connectivity index (χ2v) is 7.33. The first-order valence-corrected chi connectivity index (χ1v) is 9.48. The summed E-state index contributed by atoms with van der Waals surface area (Å²) in [7, 11) is 1.63. The van der Waals surface area contributed by atoms with Crippen molar-refractivity contribution >= 4 is 27.3 Å². The summed E-state index contributed by atoms with van der Waals surface area (Å²) in [5.41, 5.74) is 0.891. The number of ether oxygens (including phenoxy) is 1. The van der Waals surface area contributed by atoms with E-state index in [9.17, 15) is 9.59 Å².